The van der Waals surface area contributed by atoms with Crippen LogP contribution in [0.4, 0.5) is 5.69 Å². The highest BCUT2D eigenvalue weighted by molar-refractivity contribution is 14.1. The molecule has 0 unspecified atom stereocenters. The Kier molecular flexibility index (Phi) is 4.01. The van der Waals surface area contributed by atoms with Gasteiger partial charge in [0.25, 0.3) is 0 Å². The SMILES string of the molecule is Cc1cc(C=Nc2ccc(I)cc2)cc(C)c1O. The average molecular weight is 351 g/mol. The Hall–Kier alpha value is -1.36. The quantitative estimate of drug-likeness (QED) is 0.633. The molecule has 2 aromatic carbocycles. The monoisotopic (exact) mass is 351 g/mol. The summed E-state index contributed by atoms with van der Waals surface area (Å²) in [5, 5.41) is 9.70. The Morgan fingerprint density at radius 1 is 1.06 bits per heavy atom. The van der Waals surface area contributed by atoms with Gasteiger partial charge in [0.15, 0.2) is 0 Å². The molecule has 0 saturated carbocycles. The minimum atomic E-state index is 0.362. The number of hydrogen-bond donors (Lipinski definition) is 1. The molecular formula is C15H14INO. The molecule has 0 bridgehead atoms. The largest absolute Gasteiger partial charge is 0.507 e. The first kappa shape index (κ1) is 13.1. The fraction of sp³-hybridized carbons (Fsp3) is 0.133. The number of nitrogens with zero attached hydrogens (tertiary/aromatic N) is 1. The van der Waals surface area contributed by atoms with Crippen LogP contribution < -0.4 is 0 Å². The van der Waals surface area contributed by atoms with E-state index in [0.717, 1.165) is 22.4 Å². The van der Waals surface area contributed by atoms with Gasteiger partial charge in [-0.3, -0.25) is 4.99 Å². The molecule has 18 heavy (non-hydrogen) atoms. The zero-order chi connectivity index (χ0) is 13.1. The van der Waals surface area contributed by atoms with Gasteiger partial charge in [0.05, 0.1) is 5.69 Å². The van der Waals surface area contributed by atoms with Crippen molar-refractivity contribution >= 4 is 34.5 Å². The lowest BCUT2D eigenvalue weighted by Crippen LogP contribution is -1.87. The van der Waals surface area contributed by atoms with Gasteiger partial charge in [-0.05, 0) is 89.5 Å². The van der Waals surface area contributed by atoms with Crippen molar-refractivity contribution in [3.8, 4) is 5.75 Å². The van der Waals surface area contributed by atoms with Gasteiger partial charge in [0, 0.05) is 9.78 Å². The summed E-state index contributed by atoms with van der Waals surface area (Å²) in [6.07, 6.45) is 1.82. The van der Waals surface area contributed by atoms with E-state index < -0.39 is 0 Å². The number of rotatable bonds is 2. The number of phenols is 1. The van der Waals surface area contributed by atoms with E-state index in [4.69, 9.17) is 0 Å². The molecule has 0 aliphatic rings. The number of hydrogen-bond acceptors (Lipinski definition) is 2. The second kappa shape index (κ2) is 5.52. The lowest BCUT2D eigenvalue weighted by molar-refractivity contribution is 0.467. The van der Waals surface area contributed by atoms with Gasteiger partial charge in [-0.2, -0.15) is 0 Å². The third kappa shape index (κ3) is 3.10. The van der Waals surface area contributed by atoms with Crippen LogP contribution in [0.25, 0.3) is 0 Å². The molecule has 0 spiro atoms. The predicted octanol–water partition coefficient (Wildman–Crippen LogP) is 4.36. The van der Waals surface area contributed by atoms with Gasteiger partial charge >= 0.3 is 0 Å². The summed E-state index contributed by atoms with van der Waals surface area (Å²) in [7, 11) is 0. The fourth-order valence-electron chi connectivity index (χ4n) is 1.74. The topological polar surface area (TPSA) is 32.6 Å². The van der Waals surface area contributed by atoms with E-state index in [2.05, 4.69) is 27.6 Å². The van der Waals surface area contributed by atoms with Gasteiger partial charge in [0.2, 0.25) is 0 Å². The van der Waals surface area contributed by atoms with Gasteiger partial charge in [-0.15, -0.1) is 0 Å². The van der Waals surface area contributed by atoms with Gasteiger partial charge in [0.1, 0.15) is 5.75 Å². The first-order chi connectivity index (χ1) is 8.56. The molecule has 2 nitrogen and oxygen atoms in total. The predicted molar refractivity (Wildman–Crippen MR) is 84.0 cm³/mol. The van der Waals surface area contributed by atoms with Crippen molar-refractivity contribution in [1.82, 2.24) is 0 Å². The van der Waals surface area contributed by atoms with E-state index in [-0.39, 0.29) is 0 Å². The van der Waals surface area contributed by atoms with Crippen LogP contribution in [0.3, 0.4) is 0 Å². The first-order valence-corrected chi connectivity index (χ1v) is 6.74. The molecule has 0 aliphatic heterocycles. The van der Waals surface area contributed by atoms with Crippen molar-refractivity contribution in [2.75, 3.05) is 0 Å². The van der Waals surface area contributed by atoms with E-state index in [1.807, 2.05) is 56.5 Å². The second-order valence-corrected chi connectivity index (χ2v) is 5.48. The molecule has 0 aromatic heterocycles. The van der Waals surface area contributed by atoms with Crippen LogP contribution in [-0.2, 0) is 0 Å². The molecule has 0 heterocycles. The zero-order valence-corrected chi connectivity index (χ0v) is 12.5. The average Bonchev–Trinajstić information content (AvgIpc) is 2.35. The highest BCUT2D eigenvalue weighted by Crippen LogP contribution is 2.22. The first-order valence-electron chi connectivity index (χ1n) is 5.66. The van der Waals surface area contributed by atoms with E-state index in [0.29, 0.717) is 5.75 Å². The maximum atomic E-state index is 9.70. The van der Waals surface area contributed by atoms with E-state index in [1.54, 1.807) is 0 Å². The highest BCUT2D eigenvalue weighted by Gasteiger charge is 2.01. The molecule has 92 valence electrons. The molecule has 1 N–H and O–H groups in total. The Labute approximate surface area is 121 Å². The zero-order valence-electron chi connectivity index (χ0n) is 10.3. The molecule has 0 atom stereocenters. The minimum absolute atomic E-state index is 0.362. The number of halogens is 1. The summed E-state index contributed by atoms with van der Waals surface area (Å²) in [5.74, 6) is 0.362. The second-order valence-electron chi connectivity index (χ2n) is 4.24. The van der Waals surface area contributed by atoms with Crippen LogP contribution in [0.2, 0.25) is 0 Å². The number of phenolic OH excluding ortho intramolecular Hbond substituents is 1. The van der Waals surface area contributed by atoms with Crippen LogP contribution in [0.5, 0.6) is 5.75 Å². The molecule has 0 fully saturated rings. The smallest absolute Gasteiger partial charge is 0.121 e. The molecule has 2 aromatic rings. The molecule has 3 heteroatoms. The molecule has 2 rings (SSSR count). The Balaban J connectivity index is 2.26. The summed E-state index contributed by atoms with van der Waals surface area (Å²) >= 11 is 2.27. The van der Waals surface area contributed by atoms with Crippen molar-refractivity contribution in [3.05, 3.63) is 56.7 Å². The van der Waals surface area contributed by atoms with Crippen LogP contribution in [0.1, 0.15) is 16.7 Å². The lowest BCUT2D eigenvalue weighted by atomic mass is 10.1. The van der Waals surface area contributed by atoms with E-state index in [1.165, 1.54) is 3.57 Å². The normalized spacial score (nSPS) is 11.1. The molecule has 0 amide bonds. The van der Waals surface area contributed by atoms with Crippen LogP contribution in [-0.4, -0.2) is 11.3 Å². The number of benzene rings is 2. The van der Waals surface area contributed by atoms with Crippen molar-refractivity contribution < 1.29 is 5.11 Å². The summed E-state index contributed by atoms with van der Waals surface area (Å²) < 4.78 is 1.20. The summed E-state index contributed by atoms with van der Waals surface area (Å²) in [5.41, 5.74) is 3.68. The third-order valence-electron chi connectivity index (χ3n) is 2.70. The highest BCUT2D eigenvalue weighted by atomic mass is 127. The number of aryl methyl sites for hydroxylation is 2. The van der Waals surface area contributed by atoms with Crippen molar-refractivity contribution in [3.63, 3.8) is 0 Å². The summed E-state index contributed by atoms with van der Waals surface area (Å²) in [6.45, 7) is 3.79. The Bertz CT molecular complexity index is 565. The summed E-state index contributed by atoms with van der Waals surface area (Å²) in [6, 6.07) is 11.9. The van der Waals surface area contributed by atoms with Crippen LogP contribution in [0, 0.1) is 17.4 Å². The molecule has 0 aliphatic carbocycles. The summed E-state index contributed by atoms with van der Waals surface area (Å²) in [4.78, 5) is 4.42. The van der Waals surface area contributed by atoms with Crippen LogP contribution >= 0.6 is 22.6 Å². The third-order valence-corrected chi connectivity index (χ3v) is 3.42. The van der Waals surface area contributed by atoms with Crippen molar-refractivity contribution in [1.29, 1.82) is 0 Å². The standard InChI is InChI=1S/C15H14INO/c1-10-7-12(8-11(2)15(10)18)9-17-14-5-3-13(16)4-6-14/h3-9,18H,1-2H3. The maximum Gasteiger partial charge on any atom is 0.121 e. The van der Waals surface area contributed by atoms with E-state index >= 15 is 0 Å². The fourth-order valence-corrected chi connectivity index (χ4v) is 2.10. The minimum Gasteiger partial charge on any atom is -0.507 e. The lowest BCUT2D eigenvalue weighted by Gasteiger charge is -2.04. The molecule has 0 radical (unpaired) electrons. The maximum absolute atomic E-state index is 9.70. The van der Waals surface area contributed by atoms with Crippen LogP contribution in [0.15, 0.2) is 41.4 Å². The van der Waals surface area contributed by atoms with Crippen molar-refractivity contribution in [2.24, 2.45) is 4.99 Å². The van der Waals surface area contributed by atoms with Gasteiger partial charge in [-0.1, -0.05) is 0 Å². The van der Waals surface area contributed by atoms with E-state index in [9.17, 15) is 5.11 Å². The van der Waals surface area contributed by atoms with Crippen molar-refractivity contribution in [2.45, 2.75) is 13.8 Å². The van der Waals surface area contributed by atoms with Gasteiger partial charge < -0.3 is 5.11 Å². The molecular weight excluding hydrogens is 337 g/mol. The van der Waals surface area contributed by atoms with Gasteiger partial charge in [-0.25, -0.2) is 0 Å². The Morgan fingerprint density at radius 2 is 1.61 bits per heavy atom. The Morgan fingerprint density at radius 3 is 2.17 bits per heavy atom. The number of aliphatic imine (C=N–C) groups is 1. The number of aromatic hydroxyl groups is 1. The molecule has 0 saturated heterocycles.